The number of esters is 1. The summed E-state index contributed by atoms with van der Waals surface area (Å²) >= 11 is 5.92. The van der Waals surface area contributed by atoms with E-state index in [1.165, 1.54) is 26.2 Å². The Labute approximate surface area is 165 Å². The van der Waals surface area contributed by atoms with Crippen LogP contribution in [0.3, 0.4) is 0 Å². The summed E-state index contributed by atoms with van der Waals surface area (Å²) in [5, 5.41) is 13.7. The second kappa shape index (κ2) is 9.56. The van der Waals surface area contributed by atoms with Gasteiger partial charge in [0.15, 0.2) is 12.7 Å². The number of carbonyl (C=O) groups is 2. The minimum Gasteiger partial charge on any atom is -0.495 e. The van der Waals surface area contributed by atoms with Crippen LogP contribution in [0.2, 0.25) is 5.02 Å². The van der Waals surface area contributed by atoms with Crippen molar-refractivity contribution in [3.05, 3.63) is 57.6 Å². The Morgan fingerprint density at radius 3 is 2.57 bits per heavy atom. The highest BCUT2D eigenvalue weighted by molar-refractivity contribution is 6.32. The molecule has 0 bridgehead atoms. The van der Waals surface area contributed by atoms with Crippen molar-refractivity contribution in [2.45, 2.75) is 13.0 Å². The fraction of sp³-hybridized carbons (Fsp3) is 0.222. The molecule has 0 spiro atoms. The van der Waals surface area contributed by atoms with E-state index in [1.54, 1.807) is 24.3 Å². The van der Waals surface area contributed by atoms with Gasteiger partial charge in [-0.1, -0.05) is 23.7 Å². The molecule has 2 aromatic carbocycles. The van der Waals surface area contributed by atoms with E-state index < -0.39 is 29.5 Å². The van der Waals surface area contributed by atoms with Gasteiger partial charge < -0.3 is 19.5 Å². The number of rotatable bonds is 8. The van der Waals surface area contributed by atoms with Crippen LogP contribution in [0.1, 0.15) is 6.92 Å². The number of hydrogen-bond acceptors (Lipinski definition) is 7. The quantitative estimate of drug-likeness (QED) is 0.405. The molecule has 0 saturated heterocycles. The average Bonchev–Trinajstić information content (AvgIpc) is 2.67. The summed E-state index contributed by atoms with van der Waals surface area (Å²) in [4.78, 5) is 34.4. The molecule has 0 radical (unpaired) electrons. The number of non-ortho nitro benzene ring substituents is 1. The second-order valence-corrected chi connectivity index (χ2v) is 5.89. The van der Waals surface area contributed by atoms with Crippen LogP contribution in [0.25, 0.3) is 0 Å². The Bertz CT molecular complexity index is 888. The molecule has 2 aromatic rings. The molecular formula is C18H17ClN2O7. The number of para-hydroxylation sites is 1. The molecule has 10 heteroatoms. The fourth-order valence-electron chi connectivity index (χ4n) is 2.12. The normalized spacial score (nSPS) is 11.2. The molecule has 0 aliphatic heterocycles. The molecule has 148 valence electrons. The van der Waals surface area contributed by atoms with Gasteiger partial charge in [-0.05, 0) is 25.1 Å². The van der Waals surface area contributed by atoms with E-state index in [9.17, 15) is 19.7 Å². The van der Waals surface area contributed by atoms with Crippen LogP contribution in [-0.4, -0.2) is 36.6 Å². The van der Waals surface area contributed by atoms with Crippen LogP contribution in [0.5, 0.6) is 11.5 Å². The first kappa shape index (κ1) is 21.0. The molecule has 1 N–H and O–H groups in total. The van der Waals surface area contributed by atoms with Gasteiger partial charge in [0, 0.05) is 12.1 Å². The molecule has 0 unspecified atom stereocenters. The first-order valence-electron chi connectivity index (χ1n) is 8.02. The van der Waals surface area contributed by atoms with E-state index >= 15 is 0 Å². The number of nitrogens with zero attached hydrogens (tertiary/aromatic N) is 1. The Balaban J connectivity index is 1.95. The highest BCUT2D eigenvalue weighted by Crippen LogP contribution is 2.29. The third-order valence-corrected chi connectivity index (χ3v) is 3.82. The predicted molar refractivity (Wildman–Crippen MR) is 101 cm³/mol. The van der Waals surface area contributed by atoms with Gasteiger partial charge in [-0.15, -0.1) is 0 Å². The predicted octanol–water partition coefficient (Wildman–Crippen LogP) is 3.21. The smallest absolute Gasteiger partial charge is 0.344 e. The van der Waals surface area contributed by atoms with E-state index in [1.807, 2.05) is 0 Å². The van der Waals surface area contributed by atoms with E-state index in [4.69, 9.17) is 25.8 Å². The lowest BCUT2D eigenvalue weighted by atomic mass is 10.2. The lowest BCUT2D eigenvalue weighted by molar-refractivity contribution is -0.384. The van der Waals surface area contributed by atoms with Gasteiger partial charge in [0.05, 0.1) is 22.7 Å². The van der Waals surface area contributed by atoms with E-state index in [0.717, 1.165) is 6.07 Å². The standard InChI is InChI=1S/C18H17ClN2O7/c1-11(28-17(22)10-27-15-6-4-3-5-13(15)19)18(23)20-14-9-12(21(24)25)7-8-16(14)26-2/h3-9,11H,10H2,1-2H3,(H,20,23)/t11-/m0/s1. The third kappa shape index (κ3) is 5.58. The Morgan fingerprint density at radius 1 is 1.21 bits per heavy atom. The van der Waals surface area contributed by atoms with Crippen molar-refractivity contribution in [3.63, 3.8) is 0 Å². The Hall–Kier alpha value is -3.33. The lowest BCUT2D eigenvalue weighted by Crippen LogP contribution is -2.31. The number of methoxy groups -OCH3 is 1. The number of ether oxygens (including phenoxy) is 3. The van der Waals surface area contributed by atoms with Crippen LogP contribution < -0.4 is 14.8 Å². The first-order valence-corrected chi connectivity index (χ1v) is 8.39. The van der Waals surface area contributed by atoms with Crippen molar-refractivity contribution in [2.24, 2.45) is 0 Å². The maximum absolute atomic E-state index is 12.2. The highest BCUT2D eigenvalue weighted by atomic mass is 35.5. The zero-order valence-corrected chi connectivity index (χ0v) is 15.8. The molecule has 28 heavy (non-hydrogen) atoms. The zero-order valence-electron chi connectivity index (χ0n) is 15.0. The molecule has 0 saturated carbocycles. The minimum atomic E-state index is -1.17. The summed E-state index contributed by atoms with van der Waals surface area (Å²) < 4.78 is 15.3. The number of nitrogens with one attached hydrogen (secondary N) is 1. The van der Waals surface area contributed by atoms with Gasteiger partial charge in [-0.3, -0.25) is 14.9 Å². The molecular weight excluding hydrogens is 392 g/mol. The summed E-state index contributed by atoms with van der Waals surface area (Å²) in [5.74, 6) is -0.947. The van der Waals surface area contributed by atoms with Crippen LogP contribution >= 0.6 is 11.6 Å². The fourth-order valence-corrected chi connectivity index (χ4v) is 2.32. The van der Waals surface area contributed by atoms with E-state index in [2.05, 4.69) is 5.32 Å². The minimum absolute atomic E-state index is 0.0805. The van der Waals surface area contributed by atoms with Crippen LogP contribution in [0.15, 0.2) is 42.5 Å². The number of halogens is 1. The molecule has 2 rings (SSSR count). The summed E-state index contributed by atoms with van der Waals surface area (Å²) in [5.41, 5.74) is -0.147. The SMILES string of the molecule is COc1ccc([N+](=O)[O-])cc1NC(=O)[C@H](C)OC(=O)COc1ccccc1Cl. The van der Waals surface area contributed by atoms with Gasteiger partial charge in [-0.25, -0.2) is 4.79 Å². The van der Waals surface area contributed by atoms with Crippen LogP contribution in [0.4, 0.5) is 11.4 Å². The van der Waals surface area contributed by atoms with E-state index in [0.29, 0.717) is 10.8 Å². The van der Waals surface area contributed by atoms with Crippen molar-refractivity contribution in [3.8, 4) is 11.5 Å². The first-order chi connectivity index (χ1) is 13.3. The van der Waals surface area contributed by atoms with Gasteiger partial charge >= 0.3 is 5.97 Å². The van der Waals surface area contributed by atoms with Crippen molar-refractivity contribution in [1.29, 1.82) is 0 Å². The molecule has 0 fully saturated rings. The number of carbonyl (C=O) groups excluding carboxylic acids is 2. The summed E-state index contributed by atoms with van der Waals surface area (Å²) in [6.45, 7) is 0.911. The molecule has 9 nitrogen and oxygen atoms in total. The average molecular weight is 409 g/mol. The van der Waals surface area contributed by atoms with Crippen LogP contribution in [-0.2, 0) is 14.3 Å². The number of benzene rings is 2. The molecule has 0 aromatic heterocycles. The van der Waals surface area contributed by atoms with Crippen LogP contribution in [0, 0.1) is 10.1 Å². The second-order valence-electron chi connectivity index (χ2n) is 5.48. The zero-order chi connectivity index (χ0) is 20.7. The van der Waals surface area contributed by atoms with Crippen molar-refractivity contribution >= 4 is 34.9 Å². The number of hydrogen-bond donors (Lipinski definition) is 1. The Morgan fingerprint density at radius 2 is 1.93 bits per heavy atom. The third-order valence-electron chi connectivity index (χ3n) is 3.51. The monoisotopic (exact) mass is 408 g/mol. The number of amides is 1. The van der Waals surface area contributed by atoms with Gasteiger partial charge in [0.2, 0.25) is 0 Å². The van der Waals surface area contributed by atoms with Gasteiger partial charge in [-0.2, -0.15) is 0 Å². The molecule has 0 aliphatic rings. The van der Waals surface area contributed by atoms with Crippen molar-refractivity contribution < 1.29 is 28.7 Å². The maximum Gasteiger partial charge on any atom is 0.344 e. The van der Waals surface area contributed by atoms with Gasteiger partial charge in [0.25, 0.3) is 11.6 Å². The number of nitro benzene ring substituents is 1. The largest absolute Gasteiger partial charge is 0.495 e. The Kier molecular flexibility index (Phi) is 7.16. The highest BCUT2D eigenvalue weighted by Gasteiger charge is 2.21. The lowest BCUT2D eigenvalue weighted by Gasteiger charge is -2.15. The molecule has 0 heterocycles. The topological polar surface area (TPSA) is 117 Å². The number of anilines is 1. The summed E-state index contributed by atoms with van der Waals surface area (Å²) in [6.07, 6.45) is -1.17. The van der Waals surface area contributed by atoms with Crippen molar-refractivity contribution in [2.75, 3.05) is 19.0 Å². The summed E-state index contributed by atoms with van der Waals surface area (Å²) in [6, 6.07) is 10.3. The van der Waals surface area contributed by atoms with Gasteiger partial charge in [0.1, 0.15) is 11.5 Å². The molecule has 1 atom stereocenters. The molecule has 0 aliphatic carbocycles. The van der Waals surface area contributed by atoms with E-state index in [-0.39, 0.29) is 17.1 Å². The molecule has 1 amide bonds. The van der Waals surface area contributed by atoms with Crippen molar-refractivity contribution in [1.82, 2.24) is 0 Å². The maximum atomic E-state index is 12.2. The number of nitro groups is 1. The summed E-state index contributed by atoms with van der Waals surface area (Å²) in [7, 11) is 1.35.